The third kappa shape index (κ3) is 3.63. The lowest BCUT2D eigenvalue weighted by atomic mass is 10.4. The number of aromatic nitrogens is 2. The number of nitrogens with zero attached hydrogens (tertiary/aromatic N) is 2. The zero-order valence-corrected chi connectivity index (χ0v) is 12.3. The van der Waals surface area contributed by atoms with Crippen LogP contribution in [0, 0.1) is 0 Å². The molecule has 0 bridgehead atoms. The van der Waals surface area contributed by atoms with E-state index in [0.717, 1.165) is 11.3 Å². The van der Waals surface area contributed by atoms with Crippen molar-refractivity contribution in [3.05, 3.63) is 63.4 Å². The van der Waals surface area contributed by atoms with Crippen LogP contribution in [-0.2, 0) is 13.1 Å². The molecular formula is C15H18N2O2S. The first-order chi connectivity index (χ1) is 9.72. The van der Waals surface area contributed by atoms with E-state index < -0.39 is 0 Å². The van der Waals surface area contributed by atoms with Crippen LogP contribution in [0.3, 0.4) is 0 Å². The van der Waals surface area contributed by atoms with Crippen molar-refractivity contribution < 1.29 is 0 Å². The van der Waals surface area contributed by atoms with Gasteiger partial charge in [-0.2, -0.15) is 0 Å². The van der Waals surface area contributed by atoms with Crippen molar-refractivity contribution in [1.29, 1.82) is 0 Å². The standard InChI is InChI=1S/C15H18N2O2S/c1-2-9-16-10-8-14(18)17(15(16)19)11-12-20-13-6-4-3-5-7-13/h3-8,10H,2,9,11-12H2,1H3. The molecule has 1 aromatic carbocycles. The Kier molecular flexibility index (Phi) is 5.24. The normalized spacial score (nSPS) is 10.7. The molecule has 5 heteroatoms. The van der Waals surface area contributed by atoms with Gasteiger partial charge in [0.2, 0.25) is 0 Å². The summed E-state index contributed by atoms with van der Waals surface area (Å²) in [6, 6.07) is 11.4. The number of hydrogen-bond acceptors (Lipinski definition) is 3. The number of aryl methyl sites for hydroxylation is 1. The molecule has 0 saturated carbocycles. The average molecular weight is 290 g/mol. The van der Waals surface area contributed by atoms with E-state index in [1.165, 1.54) is 10.6 Å². The molecular weight excluding hydrogens is 272 g/mol. The van der Waals surface area contributed by atoms with Gasteiger partial charge in [0.05, 0.1) is 0 Å². The molecule has 0 atom stereocenters. The Morgan fingerprint density at radius 3 is 2.50 bits per heavy atom. The summed E-state index contributed by atoms with van der Waals surface area (Å²) in [7, 11) is 0. The zero-order chi connectivity index (χ0) is 14.4. The summed E-state index contributed by atoms with van der Waals surface area (Å²) in [6.07, 6.45) is 2.45. The summed E-state index contributed by atoms with van der Waals surface area (Å²) in [5.74, 6) is 0.704. The highest BCUT2D eigenvalue weighted by atomic mass is 32.2. The molecule has 0 spiro atoms. The number of rotatable bonds is 6. The van der Waals surface area contributed by atoms with Crippen molar-refractivity contribution in [2.75, 3.05) is 5.75 Å². The summed E-state index contributed by atoms with van der Waals surface area (Å²) in [4.78, 5) is 25.1. The summed E-state index contributed by atoms with van der Waals surface area (Å²) >= 11 is 1.64. The zero-order valence-electron chi connectivity index (χ0n) is 11.5. The number of hydrogen-bond donors (Lipinski definition) is 0. The molecule has 4 nitrogen and oxygen atoms in total. The Hall–Kier alpha value is -1.75. The fourth-order valence-corrected chi connectivity index (χ4v) is 2.80. The molecule has 20 heavy (non-hydrogen) atoms. The van der Waals surface area contributed by atoms with Crippen LogP contribution >= 0.6 is 11.8 Å². The lowest BCUT2D eigenvalue weighted by Crippen LogP contribution is -2.39. The van der Waals surface area contributed by atoms with E-state index in [9.17, 15) is 9.59 Å². The fourth-order valence-electron chi connectivity index (χ4n) is 1.95. The average Bonchev–Trinajstić information content (AvgIpc) is 2.47. The topological polar surface area (TPSA) is 44.0 Å². The maximum Gasteiger partial charge on any atom is 0.330 e. The van der Waals surface area contributed by atoms with Crippen LogP contribution in [0.25, 0.3) is 0 Å². The molecule has 0 amide bonds. The van der Waals surface area contributed by atoms with Crippen LogP contribution in [-0.4, -0.2) is 14.9 Å². The molecule has 0 radical (unpaired) electrons. The minimum Gasteiger partial charge on any atom is -0.300 e. The second kappa shape index (κ2) is 7.14. The number of benzene rings is 1. The molecule has 0 fully saturated rings. The molecule has 0 aliphatic carbocycles. The van der Waals surface area contributed by atoms with Crippen LogP contribution in [0.2, 0.25) is 0 Å². The minimum atomic E-state index is -0.226. The molecule has 0 N–H and O–H groups in total. The predicted molar refractivity (Wildman–Crippen MR) is 82.4 cm³/mol. The van der Waals surface area contributed by atoms with Crippen LogP contribution in [0.15, 0.2) is 57.1 Å². The van der Waals surface area contributed by atoms with E-state index in [4.69, 9.17) is 0 Å². The highest BCUT2D eigenvalue weighted by Gasteiger charge is 2.04. The molecule has 1 aromatic heterocycles. The maximum atomic E-state index is 12.1. The molecule has 2 aromatic rings. The monoisotopic (exact) mass is 290 g/mol. The highest BCUT2D eigenvalue weighted by molar-refractivity contribution is 7.99. The van der Waals surface area contributed by atoms with Gasteiger partial charge in [-0.3, -0.25) is 9.36 Å². The smallest absolute Gasteiger partial charge is 0.300 e. The van der Waals surface area contributed by atoms with Gasteiger partial charge in [0, 0.05) is 36.0 Å². The van der Waals surface area contributed by atoms with Crippen LogP contribution in [0.5, 0.6) is 0 Å². The van der Waals surface area contributed by atoms with Gasteiger partial charge in [-0.25, -0.2) is 4.79 Å². The number of thioether (sulfide) groups is 1. The van der Waals surface area contributed by atoms with Crippen molar-refractivity contribution in [3.8, 4) is 0 Å². The lowest BCUT2D eigenvalue weighted by molar-refractivity contribution is 0.564. The molecule has 1 heterocycles. The third-order valence-electron chi connectivity index (χ3n) is 2.93. The molecule has 0 aliphatic heterocycles. The first-order valence-corrected chi connectivity index (χ1v) is 7.69. The van der Waals surface area contributed by atoms with E-state index in [1.807, 2.05) is 37.3 Å². The SMILES string of the molecule is CCCn1ccc(=O)n(CCSc2ccccc2)c1=O. The van der Waals surface area contributed by atoms with Gasteiger partial charge in [0.1, 0.15) is 0 Å². The molecule has 106 valence electrons. The minimum absolute atomic E-state index is 0.215. The fraction of sp³-hybridized carbons (Fsp3) is 0.333. The molecule has 2 rings (SSSR count). The van der Waals surface area contributed by atoms with Gasteiger partial charge in [-0.15, -0.1) is 11.8 Å². The molecule has 0 unspecified atom stereocenters. The van der Waals surface area contributed by atoms with Crippen molar-refractivity contribution in [3.63, 3.8) is 0 Å². The van der Waals surface area contributed by atoms with Crippen molar-refractivity contribution in [2.24, 2.45) is 0 Å². The molecule has 0 saturated heterocycles. The van der Waals surface area contributed by atoms with Gasteiger partial charge in [-0.05, 0) is 18.6 Å². The van der Waals surface area contributed by atoms with Crippen LogP contribution < -0.4 is 11.2 Å². The second-order valence-electron chi connectivity index (χ2n) is 4.44. The van der Waals surface area contributed by atoms with E-state index in [1.54, 1.807) is 22.5 Å². The van der Waals surface area contributed by atoms with E-state index in [0.29, 0.717) is 18.8 Å². The largest absolute Gasteiger partial charge is 0.330 e. The first kappa shape index (κ1) is 14.7. The van der Waals surface area contributed by atoms with Crippen molar-refractivity contribution in [1.82, 2.24) is 9.13 Å². The Bertz CT molecular complexity index is 662. The van der Waals surface area contributed by atoms with Crippen molar-refractivity contribution >= 4 is 11.8 Å². The quantitative estimate of drug-likeness (QED) is 0.766. The third-order valence-corrected chi connectivity index (χ3v) is 3.92. The van der Waals surface area contributed by atoms with Gasteiger partial charge < -0.3 is 4.57 Å². The lowest BCUT2D eigenvalue weighted by Gasteiger charge is -2.08. The summed E-state index contributed by atoms with van der Waals surface area (Å²) in [6.45, 7) is 3.08. The molecule has 0 aliphatic rings. The van der Waals surface area contributed by atoms with Gasteiger partial charge in [0.25, 0.3) is 5.56 Å². The van der Waals surface area contributed by atoms with Crippen molar-refractivity contribution in [2.45, 2.75) is 31.3 Å². The predicted octanol–water partition coefficient (Wildman–Crippen LogP) is 2.21. The van der Waals surface area contributed by atoms with E-state index in [-0.39, 0.29) is 11.2 Å². The van der Waals surface area contributed by atoms with Crippen LogP contribution in [0.4, 0.5) is 0 Å². The second-order valence-corrected chi connectivity index (χ2v) is 5.61. The van der Waals surface area contributed by atoms with Gasteiger partial charge in [0.15, 0.2) is 0 Å². The van der Waals surface area contributed by atoms with E-state index in [2.05, 4.69) is 0 Å². The Morgan fingerprint density at radius 2 is 1.80 bits per heavy atom. The first-order valence-electron chi connectivity index (χ1n) is 6.70. The Labute approximate surface area is 122 Å². The Balaban J connectivity index is 2.07. The van der Waals surface area contributed by atoms with Gasteiger partial charge in [-0.1, -0.05) is 25.1 Å². The highest BCUT2D eigenvalue weighted by Crippen LogP contribution is 2.16. The van der Waals surface area contributed by atoms with E-state index >= 15 is 0 Å². The van der Waals surface area contributed by atoms with Crippen LogP contribution in [0.1, 0.15) is 13.3 Å². The maximum absolute atomic E-state index is 12.1. The summed E-state index contributed by atoms with van der Waals surface area (Å²) in [5, 5.41) is 0. The van der Waals surface area contributed by atoms with Gasteiger partial charge >= 0.3 is 5.69 Å². The summed E-state index contributed by atoms with van der Waals surface area (Å²) in [5.41, 5.74) is -0.441. The summed E-state index contributed by atoms with van der Waals surface area (Å²) < 4.78 is 2.90. The Morgan fingerprint density at radius 1 is 1.05 bits per heavy atom.